The van der Waals surface area contributed by atoms with E-state index in [-0.39, 0.29) is 11.1 Å². The van der Waals surface area contributed by atoms with Crippen LogP contribution in [0.2, 0.25) is 0 Å². The van der Waals surface area contributed by atoms with Gasteiger partial charge in [-0.15, -0.1) is 0 Å². The number of benzene rings is 2. The summed E-state index contributed by atoms with van der Waals surface area (Å²) in [5.74, 6) is 0. The molecule has 0 saturated heterocycles. The minimum Gasteiger partial charge on any atom is -0.320 e. The summed E-state index contributed by atoms with van der Waals surface area (Å²) in [6, 6.07) is 21.3. The summed E-state index contributed by atoms with van der Waals surface area (Å²) in [4.78, 5) is 14.9. The van der Waals surface area contributed by atoms with Crippen LogP contribution in [0.1, 0.15) is 11.1 Å². The van der Waals surface area contributed by atoms with Crippen LogP contribution in [-0.4, -0.2) is 4.98 Å². The summed E-state index contributed by atoms with van der Waals surface area (Å²) in [5.41, 5.74) is 4.38. The third-order valence-corrected chi connectivity index (χ3v) is 3.59. The zero-order valence-corrected chi connectivity index (χ0v) is 12.1. The van der Waals surface area contributed by atoms with Crippen molar-refractivity contribution in [2.45, 2.75) is 6.92 Å². The van der Waals surface area contributed by atoms with E-state index in [0.29, 0.717) is 0 Å². The Labute approximate surface area is 128 Å². The average molecular weight is 286 g/mol. The Morgan fingerprint density at radius 2 is 1.64 bits per heavy atom. The van der Waals surface area contributed by atoms with Crippen molar-refractivity contribution in [2.24, 2.45) is 0 Å². The SMILES string of the molecule is Cc1ccc(-c2[nH]c(=O)c(C#N)cc2-c2ccccc2)cc1. The fourth-order valence-electron chi connectivity index (χ4n) is 2.41. The summed E-state index contributed by atoms with van der Waals surface area (Å²) >= 11 is 0. The van der Waals surface area contributed by atoms with Crippen LogP contribution in [-0.2, 0) is 0 Å². The van der Waals surface area contributed by atoms with Crippen LogP contribution in [0.25, 0.3) is 22.4 Å². The predicted molar refractivity (Wildman–Crippen MR) is 87.4 cm³/mol. The van der Waals surface area contributed by atoms with Crippen LogP contribution < -0.4 is 5.56 Å². The van der Waals surface area contributed by atoms with Crippen LogP contribution in [0.4, 0.5) is 0 Å². The van der Waals surface area contributed by atoms with Gasteiger partial charge in [0.15, 0.2) is 0 Å². The topological polar surface area (TPSA) is 56.6 Å². The van der Waals surface area contributed by atoms with Crippen molar-refractivity contribution in [3.8, 4) is 28.5 Å². The zero-order valence-electron chi connectivity index (χ0n) is 12.1. The van der Waals surface area contributed by atoms with E-state index in [1.54, 1.807) is 6.07 Å². The van der Waals surface area contributed by atoms with Crippen molar-refractivity contribution < 1.29 is 0 Å². The minimum absolute atomic E-state index is 0.120. The molecule has 0 aliphatic carbocycles. The van der Waals surface area contributed by atoms with Gasteiger partial charge in [-0.25, -0.2) is 0 Å². The molecule has 0 aliphatic heterocycles. The van der Waals surface area contributed by atoms with Gasteiger partial charge in [0.25, 0.3) is 5.56 Å². The van der Waals surface area contributed by atoms with Crippen LogP contribution in [0, 0.1) is 18.3 Å². The van der Waals surface area contributed by atoms with Crippen molar-refractivity contribution in [3.63, 3.8) is 0 Å². The first kappa shape index (κ1) is 13.8. The maximum atomic E-state index is 12.0. The first-order valence-corrected chi connectivity index (χ1v) is 6.99. The molecule has 3 heteroatoms. The van der Waals surface area contributed by atoms with E-state index in [4.69, 9.17) is 5.26 Å². The van der Waals surface area contributed by atoms with Gasteiger partial charge >= 0.3 is 0 Å². The molecule has 3 aromatic rings. The molecule has 2 aromatic carbocycles. The van der Waals surface area contributed by atoms with Crippen LogP contribution in [0.15, 0.2) is 65.5 Å². The first-order valence-electron chi connectivity index (χ1n) is 6.99. The lowest BCUT2D eigenvalue weighted by Crippen LogP contribution is -2.11. The number of aromatic nitrogens is 1. The monoisotopic (exact) mass is 286 g/mol. The Morgan fingerprint density at radius 3 is 2.27 bits per heavy atom. The molecule has 22 heavy (non-hydrogen) atoms. The van der Waals surface area contributed by atoms with E-state index in [0.717, 1.165) is 27.9 Å². The van der Waals surface area contributed by atoms with Gasteiger partial charge in [-0.05, 0) is 24.1 Å². The normalized spacial score (nSPS) is 10.2. The van der Waals surface area contributed by atoms with Gasteiger partial charge in [-0.1, -0.05) is 60.2 Å². The van der Waals surface area contributed by atoms with Crippen LogP contribution in [0.5, 0.6) is 0 Å². The fourth-order valence-corrected chi connectivity index (χ4v) is 2.41. The highest BCUT2D eigenvalue weighted by Gasteiger charge is 2.12. The molecule has 0 unspecified atom stereocenters. The Bertz CT molecular complexity index is 901. The van der Waals surface area contributed by atoms with E-state index < -0.39 is 0 Å². The third kappa shape index (κ3) is 2.55. The Balaban J connectivity index is 2.29. The number of aryl methyl sites for hydroxylation is 1. The van der Waals surface area contributed by atoms with E-state index in [2.05, 4.69) is 4.98 Å². The Morgan fingerprint density at radius 1 is 0.955 bits per heavy atom. The number of hydrogen-bond donors (Lipinski definition) is 1. The van der Waals surface area contributed by atoms with Gasteiger partial charge in [0.05, 0.1) is 5.69 Å². The van der Waals surface area contributed by atoms with Crippen LogP contribution in [0.3, 0.4) is 0 Å². The lowest BCUT2D eigenvalue weighted by Gasteiger charge is -2.11. The van der Waals surface area contributed by atoms with Gasteiger partial charge in [-0.2, -0.15) is 5.26 Å². The average Bonchev–Trinajstić information content (AvgIpc) is 2.56. The molecule has 0 atom stereocenters. The molecular weight excluding hydrogens is 272 g/mol. The number of nitrogens with zero attached hydrogens (tertiary/aromatic N) is 1. The fraction of sp³-hybridized carbons (Fsp3) is 0.0526. The lowest BCUT2D eigenvalue weighted by molar-refractivity contribution is 1.22. The summed E-state index contributed by atoms with van der Waals surface area (Å²) in [6.45, 7) is 2.02. The van der Waals surface area contributed by atoms with Crippen LogP contribution >= 0.6 is 0 Å². The number of nitriles is 1. The molecule has 1 heterocycles. The molecule has 0 aliphatic rings. The number of hydrogen-bond acceptors (Lipinski definition) is 2. The maximum Gasteiger partial charge on any atom is 0.266 e. The number of nitrogens with one attached hydrogen (secondary N) is 1. The molecule has 0 fully saturated rings. The van der Waals surface area contributed by atoms with E-state index in [1.165, 1.54) is 0 Å². The molecule has 0 saturated carbocycles. The largest absolute Gasteiger partial charge is 0.320 e. The van der Waals surface area contributed by atoms with Gasteiger partial charge in [0.2, 0.25) is 0 Å². The smallest absolute Gasteiger partial charge is 0.266 e. The van der Waals surface area contributed by atoms with Gasteiger partial charge < -0.3 is 4.98 Å². The summed E-state index contributed by atoms with van der Waals surface area (Å²) in [5, 5.41) is 9.12. The lowest BCUT2D eigenvalue weighted by atomic mass is 9.97. The Kier molecular flexibility index (Phi) is 3.59. The summed E-state index contributed by atoms with van der Waals surface area (Å²) in [6.07, 6.45) is 0. The number of rotatable bonds is 2. The molecule has 0 radical (unpaired) electrons. The first-order chi connectivity index (χ1) is 10.7. The van der Waals surface area contributed by atoms with E-state index >= 15 is 0 Å². The second kappa shape index (κ2) is 5.71. The third-order valence-electron chi connectivity index (χ3n) is 3.59. The van der Waals surface area contributed by atoms with Crippen molar-refractivity contribution in [2.75, 3.05) is 0 Å². The second-order valence-electron chi connectivity index (χ2n) is 5.14. The molecule has 0 amide bonds. The maximum absolute atomic E-state index is 12.0. The highest BCUT2D eigenvalue weighted by Crippen LogP contribution is 2.30. The predicted octanol–water partition coefficient (Wildman–Crippen LogP) is 3.89. The Hall–Kier alpha value is -3.12. The summed E-state index contributed by atoms with van der Waals surface area (Å²) in [7, 11) is 0. The molecule has 1 aromatic heterocycles. The quantitative estimate of drug-likeness (QED) is 0.777. The van der Waals surface area contributed by atoms with Crippen molar-refractivity contribution >= 4 is 0 Å². The summed E-state index contributed by atoms with van der Waals surface area (Å²) < 4.78 is 0. The van der Waals surface area contributed by atoms with Crippen molar-refractivity contribution in [1.29, 1.82) is 5.26 Å². The number of H-pyrrole nitrogens is 1. The molecule has 3 nitrogen and oxygen atoms in total. The number of pyridine rings is 1. The molecule has 0 bridgehead atoms. The minimum atomic E-state index is -0.363. The van der Waals surface area contributed by atoms with Gasteiger partial charge in [0.1, 0.15) is 11.6 Å². The highest BCUT2D eigenvalue weighted by molar-refractivity contribution is 5.81. The van der Waals surface area contributed by atoms with Crippen molar-refractivity contribution in [1.82, 2.24) is 4.98 Å². The zero-order chi connectivity index (χ0) is 15.5. The highest BCUT2D eigenvalue weighted by atomic mass is 16.1. The number of aromatic amines is 1. The molecular formula is C19H14N2O. The standard InChI is InChI=1S/C19H14N2O/c1-13-7-9-15(10-8-13)18-17(14-5-3-2-4-6-14)11-16(12-20)19(22)21-18/h2-11H,1H3,(H,21,22). The molecule has 1 N–H and O–H groups in total. The van der Waals surface area contributed by atoms with E-state index in [9.17, 15) is 4.79 Å². The molecule has 106 valence electrons. The molecule has 0 spiro atoms. The van der Waals surface area contributed by atoms with E-state index in [1.807, 2.05) is 67.6 Å². The molecule has 3 rings (SSSR count). The second-order valence-corrected chi connectivity index (χ2v) is 5.14. The van der Waals surface area contributed by atoms with Gasteiger partial charge in [0, 0.05) is 5.56 Å². The van der Waals surface area contributed by atoms with Gasteiger partial charge in [-0.3, -0.25) is 4.79 Å². The van der Waals surface area contributed by atoms with Crippen molar-refractivity contribution in [3.05, 3.63) is 82.1 Å².